The fourth-order valence-electron chi connectivity index (χ4n) is 4.35. The summed E-state index contributed by atoms with van der Waals surface area (Å²) in [5.74, 6) is -0.190. The van der Waals surface area contributed by atoms with Gasteiger partial charge < -0.3 is 14.6 Å². The standard InChI is InChI=1S/C27H26N4O3/c1-19-7-5-6-10-23(19)25-24(17-31(29-25)22-8-3-2-4-9-22)26(32)28-21-11-14-30(15-12-21)27(33)20-13-16-34-18-20/h2-10,13,16-18,21H,11-12,14-15H2,1H3,(H,28,32). The lowest BCUT2D eigenvalue weighted by Crippen LogP contribution is -2.46. The van der Waals surface area contributed by atoms with Crippen LogP contribution in [-0.2, 0) is 0 Å². The van der Waals surface area contributed by atoms with Gasteiger partial charge in [0, 0.05) is 30.9 Å². The second kappa shape index (κ2) is 9.39. The maximum atomic E-state index is 13.4. The Morgan fingerprint density at radius 2 is 1.74 bits per heavy atom. The average Bonchev–Trinajstić information content (AvgIpc) is 3.56. The molecule has 5 rings (SSSR count). The van der Waals surface area contributed by atoms with Crippen LogP contribution in [-0.4, -0.2) is 45.6 Å². The van der Waals surface area contributed by atoms with Crippen molar-refractivity contribution < 1.29 is 14.0 Å². The fraction of sp³-hybridized carbons (Fsp3) is 0.222. The molecule has 0 saturated carbocycles. The number of carbonyl (C=O) groups excluding carboxylic acids is 2. The van der Waals surface area contributed by atoms with Crippen molar-refractivity contribution in [1.82, 2.24) is 20.0 Å². The molecule has 0 radical (unpaired) electrons. The van der Waals surface area contributed by atoms with E-state index in [9.17, 15) is 9.59 Å². The molecule has 4 aromatic rings. The van der Waals surface area contributed by atoms with E-state index >= 15 is 0 Å². The molecule has 1 aliphatic rings. The Morgan fingerprint density at radius 3 is 2.44 bits per heavy atom. The summed E-state index contributed by atoms with van der Waals surface area (Å²) in [5, 5.41) is 7.96. The first kappa shape index (κ1) is 21.7. The van der Waals surface area contributed by atoms with Crippen molar-refractivity contribution in [1.29, 1.82) is 0 Å². The zero-order valence-corrected chi connectivity index (χ0v) is 19.0. The van der Waals surface area contributed by atoms with Crippen LogP contribution in [0.2, 0.25) is 0 Å². The number of piperidine rings is 1. The largest absolute Gasteiger partial charge is 0.472 e. The van der Waals surface area contributed by atoms with Crippen LogP contribution in [0.15, 0.2) is 83.8 Å². The predicted octanol–water partition coefficient (Wildman–Crippen LogP) is 4.48. The Morgan fingerprint density at radius 1 is 1.00 bits per heavy atom. The maximum absolute atomic E-state index is 13.4. The number of nitrogens with zero attached hydrogens (tertiary/aromatic N) is 3. The molecule has 2 aromatic carbocycles. The van der Waals surface area contributed by atoms with Crippen LogP contribution < -0.4 is 5.32 Å². The number of carbonyl (C=O) groups is 2. The van der Waals surface area contributed by atoms with E-state index in [2.05, 4.69) is 5.32 Å². The molecule has 1 saturated heterocycles. The summed E-state index contributed by atoms with van der Waals surface area (Å²) in [6.45, 7) is 3.19. The van der Waals surface area contributed by atoms with Gasteiger partial charge in [0.2, 0.25) is 0 Å². The molecule has 0 spiro atoms. The van der Waals surface area contributed by atoms with Crippen molar-refractivity contribution in [2.45, 2.75) is 25.8 Å². The summed E-state index contributed by atoms with van der Waals surface area (Å²) in [6, 6.07) is 19.4. The van der Waals surface area contributed by atoms with E-state index in [4.69, 9.17) is 9.52 Å². The number of aromatic nitrogens is 2. The number of likely N-dealkylation sites (tertiary alicyclic amines) is 1. The molecule has 3 heterocycles. The zero-order valence-electron chi connectivity index (χ0n) is 19.0. The van der Waals surface area contributed by atoms with E-state index in [1.54, 1.807) is 21.8 Å². The first-order chi connectivity index (χ1) is 16.6. The molecule has 7 heteroatoms. The van der Waals surface area contributed by atoms with Gasteiger partial charge in [0.15, 0.2) is 0 Å². The summed E-state index contributed by atoms with van der Waals surface area (Å²) in [5.41, 5.74) is 4.63. The van der Waals surface area contributed by atoms with Gasteiger partial charge in [0.1, 0.15) is 12.0 Å². The average molecular weight is 455 g/mol. The lowest BCUT2D eigenvalue weighted by atomic mass is 10.0. The van der Waals surface area contributed by atoms with Crippen LogP contribution in [0, 0.1) is 6.92 Å². The predicted molar refractivity (Wildman–Crippen MR) is 129 cm³/mol. The molecule has 2 aromatic heterocycles. The Bertz CT molecular complexity index is 1290. The van der Waals surface area contributed by atoms with Crippen LogP contribution in [0.5, 0.6) is 0 Å². The highest BCUT2D eigenvalue weighted by molar-refractivity contribution is 6.00. The highest BCUT2D eigenvalue weighted by Crippen LogP contribution is 2.27. The number of furan rings is 1. The third kappa shape index (κ3) is 4.37. The molecule has 1 N–H and O–H groups in total. The lowest BCUT2D eigenvalue weighted by Gasteiger charge is -2.32. The first-order valence-electron chi connectivity index (χ1n) is 11.4. The van der Waals surface area contributed by atoms with Crippen LogP contribution in [0.3, 0.4) is 0 Å². The highest BCUT2D eigenvalue weighted by Gasteiger charge is 2.27. The Kier molecular flexibility index (Phi) is 5.99. The van der Waals surface area contributed by atoms with Crippen molar-refractivity contribution >= 4 is 11.8 Å². The van der Waals surface area contributed by atoms with Crippen LogP contribution in [0.1, 0.15) is 39.1 Å². The zero-order chi connectivity index (χ0) is 23.5. The second-order valence-corrected chi connectivity index (χ2v) is 8.54. The SMILES string of the molecule is Cc1ccccc1-c1nn(-c2ccccc2)cc1C(=O)NC1CCN(C(=O)c2ccoc2)CC1. The van der Waals surface area contributed by atoms with E-state index in [1.807, 2.05) is 61.5 Å². The summed E-state index contributed by atoms with van der Waals surface area (Å²) in [6.07, 6.45) is 6.16. The van der Waals surface area contributed by atoms with Gasteiger partial charge in [-0.1, -0.05) is 42.5 Å². The molecule has 7 nitrogen and oxygen atoms in total. The highest BCUT2D eigenvalue weighted by atomic mass is 16.3. The van der Waals surface area contributed by atoms with Crippen molar-refractivity contribution in [2.75, 3.05) is 13.1 Å². The van der Waals surface area contributed by atoms with E-state index in [-0.39, 0.29) is 17.9 Å². The first-order valence-corrected chi connectivity index (χ1v) is 11.4. The van der Waals surface area contributed by atoms with E-state index < -0.39 is 0 Å². The minimum atomic E-state index is -0.153. The number of nitrogens with one attached hydrogen (secondary N) is 1. The van der Waals surface area contributed by atoms with E-state index in [0.717, 1.165) is 16.8 Å². The minimum absolute atomic E-state index is 0.00862. The maximum Gasteiger partial charge on any atom is 0.257 e. The molecular weight excluding hydrogens is 428 g/mol. The van der Waals surface area contributed by atoms with Crippen molar-refractivity contribution in [3.05, 3.63) is 96.1 Å². The third-order valence-electron chi connectivity index (χ3n) is 6.27. The quantitative estimate of drug-likeness (QED) is 0.482. The summed E-state index contributed by atoms with van der Waals surface area (Å²) in [7, 11) is 0. The molecule has 34 heavy (non-hydrogen) atoms. The lowest BCUT2D eigenvalue weighted by molar-refractivity contribution is 0.0697. The molecule has 0 bridgehead atoms. The number of benzene rings is 2. The number of aryl methyl sites for hydroxylation is 1. The number of para-hydroxylation sites is 1. The van der Waals surface area contributed by atoms with Gasteiger partial charge >= 0.3 is 0 Å². The molecule has 172 valence electrons. The topological polar surface area (TPSA) is 80.4 Å². The van der Waals surface area contributed by atoms with Gasteiger partial charge in [-0.25, -0.2) is 4.68 Å². The number of rotatable bonds is 5. The monoisotopic (exact) mass is 454 g/mol. The van der Waals surface area contributed by atoms with E-state index in [0.29, 0.717) is 42.8 Å². The molecule has 0 atom stereocenters. The Balaban J connectivity index is 1.35. The minimum Gasteiger partial charge on any atom is -0.472 e. The third-order valence-corrected chi connectivity index (χ3v) is 6.27. The number of hydrogen-bond acceptors (Lipinski definition) is 4. The molecule has 0 unspecified atom stereocenters. The normalized spacial score (nSPS) is 14.2. The number of amides is 2. The van der Waals surface area contributed by atoms with Crippen molar-refractivity contribution in [2.24, 2.45) is 0 Å². The summed E-state index contributed by atoms with van der Waals surface area (Å²) >= 11 is 0. The van der Waals surface area contributed by atoms with E-state index in [1.165, 1.54) is 12.5 Å². The Labute approximate surface area is 198 Å². The molecule has 0 aliphatic carbocycles. The second-order valence-electron chi connectivity index (χ2n) is 8.54. The van der Waals surface area contributed by atoms with Crippen molar-refractivity contribution in [3.8, 4) is 16.9 Å². The smallest absolute Gasteiger partial charge is 0.257 e. The van der Waals surface area contributed by atoms with Gasteiger partial charge in [-0.15, -0.1) is 0 Å². The summed E-state index contributed by atoms with van der Waals surface area (Å²) < 4.78 is 6.78. The molecular formula is C27H26N4O3. The van der Waals surface area contributed by atoms with Crippen LogP contribution in [0.4, 0.5) is 0 Å². The van der Waals surface area contributed by atoms with Gasteiger partial charge in [-0.3, -0.25) is 9.59 Å². The van der Waals surface area contributed by atoms with Crippen molar-refractivity contribution in [3.63, 3.8) is 0 Å². The molecule has 1 fully saturated rings. The summed E-state index contributed by atoms with van der Waals surface area (Å²) in [4.78, 5) is 27.8. The van der Waals surface area contributed by atoms with Gasteiger partial charge in [-0.05, 0) is 43.5 Å². The van der Waals surface area contributed by atoms with Gasteiger partial charge in [0.05, 0.1) is 23.1 Å². The molecule has 1 aliphatic heterocycles. The van der Waals surface area contributed by atoms with Crippen LogP contribution in [0.25, 0.3) is 16.9 Å². The van der Waals surface area contributed by atoms with Crippen LogP contribution >= 0.6 is 0 Å². The fourth-order valence-corrected chi connectivity index (χ4v) is 4.35. The molecule has 2 amide bonds. The Hall–Kier alpha value is -4.13. The van der Waals surface area contributed by atoms with Gasteiger partial charge in [-0.2, -0.15) is 5.10 Å². The number of hydrogen-bond donors (Lipinski definition) is 1. The van der Waals surface area contributed by atoms with Gasteiger partial charge in [0.25, 0.3) is 11.8 Å².